The van der Waals surface area contributed by atoms with E-state index in [1.54, 1.807) is 38.5 Å². The Kier molecular flexibility index (Phi) is 3.61. The molecule has 1 aliphatic heterocycles. The normalized spacial score (nSPS) is 51.3. The summed E-state index contributed by atoms with van der Waals surface area (Å²) in [5.74, 6) is 3.26. The third kappa shape index (κ3) is 2.37. The second-order valence-corrected chi connectivity index (χ2v) is 9.05. The van der Waals surface area contributed by atoms with Crippen molar-refractivity contribution in [1.82, 2.24) is 10.2 Å². The highest BCUT2D eigenvalue weighted by Gasteiger charge is 2.54. The summed E-state index contributed by atoms with van der Waals surface area (Å²) in [6.07, 6.45) is 12.1. The molecule has 1 N–H and O–H groups in total. The van der Waals surface area contributed by atoms with Gasteiger partial charge in [-0.3, -0.25) is 4.90 Å². The fraction of sp³-hybridized carbons (Fsp3) is 1.00. The molecular formula is C19H34N2. The highest BCUT2D eigenvalue weighted by Crippen LogP contribution is 2.62. The molecule has 5 rings (SSSR count). The summed E-state index contributed by atoms with van der Waals surface area (Å²) < 4.78 is 0. The summed E-state index contributed by atoms with van der Waals surface area (Å²) in [6.45, 7) is 6.37. The molecule has 2 nitrogen and oxygen atoms in total. The fourth-order valence-corrected chi connectivity index (χ4v) is 7.07. The molecule has 4 aliphatic carbocycles. The van der Waals surface area contributed by atoms with Gasteiger partial charge in [-0.05, 0) is 95.4 Å². The molecule has 0 aromatic rings. The highest BCUT2D eigenvalue weighted by molar-refractivity contribution is 5.06. The third-order valence-electron chi connectivity index (χ3n) is 7.81. The molecule has 3 atom stereocenters. The van der Waals surface area contributed by atoms with Crippen molar-refractivity contribution >= 4 is 0 Å². The smallest absolute Gasteiger partial charge is 0.0126 e. The summed E-state index contributed by atoms with van der Waals surface area (Å²) >= 11 is 0. The Bertz CT molecular complexity index is 356. The molecule has 21 heavy (non-hydrogen) atoms. The van der Waals surface area contributed by atoms with Crippen LogP contribution in [0.25, 0.3) is 0 Å². The number of hydrogen-bond acceptors (Lipinski definition) is 2. The van der Waals surface area contributed by atoms with E-state index in [1.165, 1.54) is 19.4 Å². The molecular weight excluding hydrogens is 256 g/mol. The quantitative estimate of drug-likeness (QED) is 0.853. The van der Waals surface area contributed by atoms with Crippen molar-refractivity contribution in [3.63, 3.8) is 0 Å². The van der Waals surface area contributed by atoms with Gasteiger partial charge in [0, 0.05) is 24.7 Å². The largest absolute Gasteiger partial charge is 0.317 e. The minimum atomic E-state index is 0.690. The molecule has 2 heteroatoms. The number of nitrogens with one attached hydrogen (secondary N) is 1. The van der Waals surface area contributed by atoms with Crippen LogP contribution in [0.1, 0.15) is 65.2 Å². The van der Waals surface area contributed by atoms with Crippen LogP contribution in [0.2, 0.25) is 0 Å². The minimum absolute atomic E-state index is 0.690. The molecule has 1 saturated heterocycles. The van der Waals surface area contributed by atoms with Crippen molar-refractivity contribution in [2.45, 2.75) is 83.3 Å². The molecule has 0 radical (unpaired) electrons. The first-order valence-electron chi connectivity index (χ1n) is 9.52. The van der Waals surface area contributed by atoms with Crippen molar-refractivity contribution in [2.75, 3.05) is 13.6 Å². The maximum absolute atomic E-state index is 3.50. The van der Waals surface area contributed by atoms with Crippen LogP contribution in [0.3, 0.4) is 0 Å². The van der Waals surface area contributed by atoms with Crippen LogP contribution in [0, 0.1) is 23.2 Å². The molecule has 5 aliphatic rings. The average Bonchev–Trinajstić information content (AvgIpc) is 2.45. The van der Waals surface area contributed by atoms with Gasteiger partial charge in [-0.1, -0.05) is 0 Å². The lowest BCUT2D eigenvalue weighted by atomic mass is 9.47. The van der Waals surface area contributed by atoms with Gasteiger partial charge in [0.1, 0.15) is 0 Å². The van der Waals surface area contributed by atoms with Gasteiger partial charge < -0.3 is 5.32 Å². The molecule has 0 aromatic heterocycles. The highest BCUT2D eigenvalue weighted by atomic mass is 15.2. The van der Waals surface area contributed by atoms with E-state index in [1.807, 2.05) is 0 Å². The summed E-state index contributed by atoms with van der Waals surface area (Å²) in [6, 6.07) is 2.33. The van der Waals surface area contributed by atoms with E-state index < -0.39 is 0 Å². The number of nitrogens with zero attached hydrogens (tertiary/aromatic N) is 1. The van der Waals surface area contributed by atoms with E-state index in [2.05, 4.69) is 31.1 Å². The van der Waals surface area contributed by atoms with Gasteiger partial charge in [0.15, 0.2) is 0 Å². The zero-order chi connectivity index (χ0) is 14.6. The van der Waals surface area contributed by atoms with Crippen molar-refractivity contribution in [2.24, 2.45) is 23.2 Å². The minimum Gasteiger partial charge on any atom is -0.317 e. The Labute approximate surface area is 131 Å². The van der Waals surface area contributed by atoms with E-state index in [9.17, 15) is 0 Å². The predicted octanol–water partition coefficient (Wildman–Crippen LogP) is 3.66. The van der Waals surface area contributed by atoms with Crippen molar-refractivity contribution in [3.8, 4) is 0 Å². The van der Waals surface area contributed by atoms with Crippen LogP contribution >= 0.6 is 0 Å². The Balaban J connectivity index is 1.51. The summed E-state index contributed by atoms with van der Waals surface area (Å²) in [5.41, 5.74) is 0.690. The molecule has 4 saturated carbocycles. The van der Waals surface area contributed by atoms with E-state index in [4.69, 9.17) is 0 Å². The predicted molar refractivity (Wildman–Crippen MR) is 88.3 cm³/mol. The standard InChI is InChI=1S/C19H34N2/c1-13-6-18(20-3)4-5-21(13)14(2)19-10-15-7-16(11-19)9-17(8-15)12-19/h13-18,20H,4-12H2,1-3H3. The van der Waals surface area contributed by atoms with E-state index >= 15 is 0 Å². The second kappa shape index (κ2) is 5.23. The van der Waals surface area contributed by atoms with Gasteiger partial charge in [-0.25, -0.2) is 0 Å². The Morgan fingerprint density at radius 1 is 1.00 bits per heavy atom. The Morgan fingerprint density at radius 2 is 1.57 bits per heavy atom. The third-order valence-corrected chi connectivity index (χ3v) is 7.81. The topological polar surface area (TPSA) is 15.3 Å². The number of likely N-dealkylation sites (tertiary alicyclic amines) is 1. The first-order valence-corrected chi connectivity index (χ1v) is 9.52. The molecule has 120 valence electrons. The van der Waals surface area contributed by atoms with E-state index in [-0.39, 0.29) is 0 Å². The Hall–Kier alpha value is -0.0800. The van der Waals surface area contributed by atoms with Crippen LogP contribution in [0.5, 0.6) is 0 Å². The zero-order valence-electron chi connectivity index (χ0n) is 14.3. The molecule has 0 amide bonds. The van der Waals surface area contributed by atoms with Crippen LogP contribution < -0.4 is 5.32 Å². The van der Waals surface area contributed by atoms with E-state index in [0.29, 0.717) is 5.41 Å². The summed E-state index contributed by atoms with van der Waals surface area (Å²) in [4.78, 5) is 2.89. The molecule has 3 unspecified atom stereocenters. The summed E-state index contributed by atoms with van der Waals surface area (Å²) in [5, 5.41) is 3.50. The number of rotatable bonds is 3. The monoisotopic (exact) mass is 290 g/mol. The maximum atomic E-state index is 3.50. The van der Waals surface area contributed by atoms with Gasteiger partial charge in [0.25, 0.3) is 0 Å². The SMILES string of the molecule is CNC1CCN(C(C)C23CC4CC(CC(C4)C2)C3)C(C)C1. The van der Waals surface area contributed by atoms with Crippen molar-refractivity contribution in [1.29, 1.82) is 0 Å². The van der Waals surface area contributed by atoms with Gasteiger partial charge >= 0.3 is 0 Å². The lowest BCUT2D eigenvalue weighted by Crippen LogP contribution is -2.59. The van der Waals surface area contributed by atoms with Gasteiger partial charge in [-0.15, -0.1) is 0 Å². The first kappa shape index (κ1) is 14.5. The van der Waals surface area contributed by atoms with Gasteiger partial charge in [-0.2, -0.15) is 0 Å². The maximum Gasteiger partial charge on any atom is 0.0126 e. The van der Waals surface area contributed by atoms with Gasteiger partial charge in [0.05, 0.1) is 0 Å². The van der Waals surface area contributed by atoms with Crippen molar-refractivity contribution in [3.05, 3.63) is 0 Å². The van der Waals surface area contributed by atoms with Crippen molar-refractivity contribution < 1.29 is 0 Å². The second-order valence-electron chi connectivity index (χ2n) is 9.05. The summed E-state index contributed by atoms with van der Waals surface area (Å²) in [7, 11) is 2.13. The molecule has 4 bridgehead atoms. The molecule has 0 spiro atoms. The fourth-order valence-electron chi connectivity index (χ4n) is 7.07. The van der Waals surface area contributed by atoms with E-state index in [0.717, 1.165) is 35.9 Å². The lowest BCUT2D eigenvalue weighted by Gasteiger charge is -2.61. The van der Waals surface area contributed by atoms with Crippen LogP contribution in [0.4, 0.5) is 0 Å². The zero-order valence-corrected chi connectivity index (χ0v) is 14.3. The number of piperidine rings is 1. The van der Waals surface area contributed by atoms with Crippen LogP contribution in [-0.2, 0) is 0 Å². The van der Waals surface area contributed by atoms with Crippen LogP contribution in [0.15, 0.2) is 0 Å². The first-order chi connectivity index (χ1) is 10.1. The molecule has 1 heterocycles. The van der Waals surface area contributed by atoms with Crippen LogP contribution in [-0.4, -0.2) is 36.6 Å². The molecule has 0 aromatic carbocycles. The average molecular weight is 290 g/mol. The number of hydrogen-bond donors (Lipinski definition) is 1. The molecule has 5 fully saturated rings. The van der Waals surface area contributed by atoms with Gasteiger partial charge in [0.2, 0.25) is 0 Å². The Morgan fingerprint density at radius 3 is 2.05 bits per heavy atom. The lowest BCUT2D eigenvalue weighted by molar-refractivity contribution is -0.108.